The number of H-pyrrole nitrogens is 1. The number of benzene rings is 1. The van der Waals surface area contributed by atoms with Gasteiger partial charge >= 0.3 is 0 Å². The van der Waals surface area contributed by atoms with E-state index in [9.17, 15) is 9.18 Å². The van der Waals surface area contributed by atoms with Crippen molar-refractivity contribution in [2.75, 3.05) is 18.8 Å². The number of anilines is 1. The van der Waals surface area contributed by atoms with Gasteiger partial charge in [-0.1, -0.05) is 6.07 Å². The Labute approximate surface area is 121 Å². The third kappa shape index (κ3) is 2.49. The van der Waals surface area contributed by atoms with Gasteiger partial charge in [-0.25, -0.2) is 4.39 Å². The van der Waals surface area contributed by atoms with Crippen molar-refractivity contribution in [3.05, 3.63) is 47.0 Å². The summed E-state index contributed by atoms with van der Waals surface area (Å²) in [6.45, 7) is 2.91. The maximum atomic E-state index is 13.9. The number of nitrogen functional groups attached to an aromatic ring is 1. The molecule has 5 nitrogen and oxygen atoms in total. The Hall–Kier alpha value is -2.37. The van der Waals surface area contributed by atoms with Gasteiger partial charge in [-0.3, -0.25) is 9.89 Å². The predicted octanol–water partition coefficient (Wildman–Crippen LogP) is 2.07. The first-order chi connectivity index (χ1) is 10.1. The molecule has 0 spiro atoms. The molecular weight excluding hydrogens is 271 g/mol. The van der Waals surface area contributed by atoms with Crippen LogP contribution in [-0.4, -0.2) is 34.1 Å². The lowest BCUT2D eigenvalue weighted by Gasteiger charge is -2.17. The largest absolute Gasteiger partial charge is 0.396 e. The van der Waals surface area contributed by atoms with E-state index in [1.807, 2.05) is 0 Å². The summed E-state index contributed by atoms with van der Waals surface area (Å²) in [4.78, 5) is 14.1. The minimum atomic E-state index is -0.468. The molecule has 0 saturated carbocycles. The van der Waals surface area contributed by atoms with Crippen molar-refractivity contribution < 1.29 is 9.18 Å². The zero-order valence-electron chi connectivity index (χ0n) is 11.8. The van der Waals surface area contributed by atoms with Gasteiger partial charge in [0.05, 0.1) is 23.1 Å². The first-order valence-electron chi connectivity index (χ1n) is 6.90. The highest BCUT2D eigenvalue weighted by molar-refractivity contribution is 5.94. The number of nitrogens with two attached hydrogens (primary N) is 1. The molecule has 0 bridgehead atoms. The fraction of sp³-hybridized carbons (Fsp3) is 0.333. The molecule has 1 aromatic heterocycles. The second-order valence-corrected chi connectivity index (χ2v) is 5.46. The van der Waals surface area contributed by atoms with Crippen LogP contribution in [-0.2, 0) is 0 Å². The number of hydrogen-bond acceptors (Lipinski definition) is 3. The molecule has 2 heterocycles. The van der Waals surface area contributed by atoms with E-state index in [-0.39, 0.29) is 17.4 Å². The Morgan fingerprint density at radius 1 is 1.52 bits per heavy atom. The normalized spacial score (nSPS) is 18.2. The summed E-state index contributed by atoms with van der Waals surface area (Å²) in [5.41, 5.74) is 8.22. The lowest BCUT2D eigenvalue weighted by atomic mass is 10.0. The van der Waals surface area contributed by atoms with Gasteiger partial charge in [-0.15, -0.1) is 0 Å². The first-order valence-corrected chi connectivity index (χ1v) is 6.90. The standard InChI is InChI=1S/C15H17FN4O/c1-9-2-3-11(12(16)6-9)15(21)20-5-4-10(8-20)14-13(17)7-18-19-14/h2-3,6-7,10H,4-5,8,17H2,1H3,(H,18,19). The Kier molecular flexibility index (Phi) is 3.37. The molecule has 1 unspecified atom stereocenters. The highest BCUT2D eigenvalue weighted by Gasteiger charge is 2.30. The molecule has 1 aromatic carbocycles. The maximum absolute atomic E-state index is 13.9. The molecule has 1 aliphatic rings. The smallest absolute Gasteiger partial charge is 0.256 e. The molecular formula is C15H17FN4O. The SMILES string of the molecule is Cc1ccc(C(=O)N2CCC(c3[nH]ncc3N)C2)c(F)c1. The van der Waals surface area contributed by atoms with Gasteiger partial charge in [-0.05, 0) is 31.0 Å². The molecule has 3 rings (SSSR count). The number of hydrogen-bond donors (Lipinski definition) is 2. The first kappa shape index (κ1) is 13.6. The van der Waals surface area contributed by atoms with Crippen LogP contribution in [0.1, 0.15) is 34.0 Å². The number of halogens is 1. The van der Waals surface area contributed by atoms with Gasteiger partial charge in [0.2, 0.25) is 0 Å². The number of aryl methyl sites for hydroxylation is 1. The number of carbonyl (C=O) groups excluding carboxylic acids is 1. The average molecular weight is 288 g/mol. The fourth-order valence-electron chi connectivity index (χ4n) is 2.78. The molecule has 1 atom stereocenters. The van der Waals surface area contributed by atoms with E-state index in [1.165, 1.54) is 6.07 Å². The van der Waals surface area contributed by atoms with E-state index in [2.05, 4.69) is 10.2 Å². The summed E-state index contributed by atoms with van der Waals surface area (Å²) in [7, 11) is 0. The molecule has 0 radical (unpaired) electrons. The van der Waals surface area contributed by atoms with Crippen molar-refractivity contribution in [1.29, 1.82) is 0 Å². The topological polar surface area (TPSA) is 75.0 Å². The number of aromatic nitrogens is 2. The highest BCUT2D eigenvalue weighted by atomic mass is 19.1. The van der Waals surface area contributed by atoms with Gasteiger partial charge in [0.25, 0.3) is 5.91 Å². The molecule has 1 aliphatic heterocycles. The molecule has 110 valence electrons. The molecule has 21 heavy (non-hydrogen) atoms. The van der Waals surface area contributed by atoms with Crippen LogP contribution in [0.2, 0.25) is 0 Å². The van der Waals surface area contributed by atoms with Crippen LogP contribution in [0.25, 0.3) is 0 Å². The van der Waals surface area contributed by atoms with E-state index in [0.29, 0.717) is 18.8 Å². The van der Waals surface area contributed by atoms with Crippen molar-refractivity contribution in [2.45, 2.75) is 19.3 Å². The van der Waals surface area contributed by atoms with Crippen molar-refractivity contribution in [1.82, 2.24) is 15.1 Å². The fourth-order valence-corrected chi connectivity index (χ4v) is 2.78. The highest BCUT2D eigenvalue weighted by Crippen LogP contribution is 2.30. The van der Waals surface area contributed by atoms with Crippen LogP contribution in [0.3, 0.4) is 0 Å². The lowest BCUT2D eigenvalue weighted by Crippen LogP contribution is -2.29. The predicted molar refractivity (Wildman–Crippen MR) is 77.4 cm³/mol. The monoisotopic (exact) mass is 288 g/mol. The van der Waals surface area contributed by atoms with Crippen molar-refractivity contribution in [3.63, 3.8) is 0 Å². The molecule has 1 amide bonds. The summed E-state index contributed by atoms with van der Waals surface area (Å²) in [6, 6.07) is 4.68. The van der Waals surface area contributed by atoms with Gasteiger partial charge in [-0.2, -0.15) is 5.10 Å². The summed E-state index contributed by atoms with van der Waals surface area (Å²) < 4.78 is 13.9. The Morgan fingerprint density at radius 2 is 2.33 bits per heavy atom. The zero-order valence-corrected chi connectivity index (χ0v) is 11.8. The number of aromatic amines is 1. The van der Waals surface area contributed by atoms with Crippen molar-refractivity contribution >= 4 is 11.6 Å². The van der Waals surface area contributed by atoms with E-state index in [1.54, 1.807) is 30.2 Å². The molecule has 3 N–H and O–H groups in total. The van der Waals surface area contributed by atoms with Crippen LogP contribution in [0.4, 0.5) is 10.1 Å². The summed E-state index contributed by atoms with van der Waals surface area (Å²) in [5.74, 6) is -0.609. The van der Waals surface area contributed by atoms with Crippen LogP contribution >= 0.6 is 0 Å². The summed E-state index contributed by atoms with van der Waals surface area (Å²) in [5, 5.41) is 6.78. The third-order valence-corrected chi connectivity index (χ3v) is 3.94. The number of rotatable bonds is 2. The van der Waals surface area contributed by atoms with Crippen molar-refractivity contribution in [3.8, 4) is 0 Å². The van der Waals surface area contributed by atoms with Crippen LogP contribution in [0, 0.1) is 12.7 Å². The zero-order chi connectivity index (χ0) is 15.0. The van der Waals surface area contributed by atoms with Crippen LogP contribution in [0.15, 0.2) is 24.4 Å². The Bertz CT molecular complexity index is 682. The van der Waals surface area contributed by atoms with Crippen LogP contribution in [0.5, 0.6) is 0 Å². The van der Waals surface area contributed by atoms with Crippen molar-refractivity contribution in [2.24, 2.45) is 0 Å². The minimum Gasteiger partial charge on any atom is -0.396 e. The van der Waals surface area contributed by atoms with E-state index in [0.717, 1.165) is 17.7 Å². The van der Waals surface area contributed by atoms with Gasteiger partial charge < -0.3 is 10.6 Å². The van der Waals surface area contributed by atoms with Crippen LogP contribution < -0.4 is 5.73 Å². The number of likely N-dealkylation sites (tertiary alicyclic amines) is 1. The molecule has 1 fully saturated rings. The molecule has 0 aliphatic carbocycles. The number of nitrogens with one attached hydrogen (secondary N) is 1. The number of carbonyl (C=O) groups is 1. The summed E-state index contributed by atoms with van der Waals surface area (Å²) >= 11 is 0. The second kappa shape index (κ2) is 5.20. The van der Waals surface area contributed by atoms with Gasteiger partial charge in [0, 0.05) is 19.0 Å². The molecule has 6 heteroatoms. The number of amides is 1. The number of nitrogens with zero attached hydrogens (tertiary/aromatic N) is 2. The minimum absolute atomic E-state index is 0.124. The maximum Gasteiger partial charge on any atom is 0.256 e. The van der Waals surface area contributed by atoms with E-state index >= 15 is 0 Å². The second-order valence-electron chi connectivity index (χ2n) is 5.46. The van der Waals surface area contributed by atoms with E-state index in [4.69, 9.17) is 5.73 Å². The van der Waals surface area contributed by atoms with Gasteiger partial charge in [0.15, 0.2) is 0 Å². The Morgan fingerprint density at radius 3 is 3.00 bits per heavy atom. The summed E-state index contributed by atoms with van der Waals surface area (Å²) in [6.07, 6.45) is 2.37. The van der Waals surface area contributed by atoms with E-state index < -0.39 is 5.82 Å². The Balaban J connectivity index is 1.77. The quantitative estimate of drug-likeness (QED) is 0.888. The lowest BCUT2D eigenvalue weighted by molar-refractivity contribution is 0.0786. The molecule has 2 aromatic rings. The molecule has 1 saturated heterocycles. The van der Waals surface area contributed by atoms with Gasteiger partial charge in [0.1, 0.15) is 5.82 Å². The average Bonchev–Trinajstić information content (AvgIpc) is 3.06. The third-order valence-electron chi connectivity index (χ3n) is 3.94.